The summed E-state index contributed by atoms with van der Waals surface area (Å²) in [5.74, 6) is 1.97. The molecule has 25 heavy (non-hydrogen) atoms. The highest BCUT2D eigenvalue weighted by Crippen LogP contribution is 2.56. The molecule has 130 valence electrons. The summed E-state index contributed by atoms with van der Waals surface area (Å²) in [7, 11) is 3.18. The van der Waals surface area contributed by atoms with Crippen LogP contribution in [0.5, 0.6) is 11.5 Å². The normalized spacial score (nSPS) is 18.4. The van der Waals surface area contributed by atoms with Crippen molar-refractivity contribution in [2.45, 2.75) is 18.8 Å². The molecule has 2 aliphatic rings. The van der Waals surface area contributed by atoms with Crippen molar-refractivity contribution in [2.24, 2.45) is 5.41 Å². The minimum atomic E-state index is 0.0785. The fraction of sp³-hybridized carbons (Fsp3) is 0.381. The Morgan fingerprint density at radius 2 is 1.68 bits per heavy atom. The van der Waals surface area contributed by atoms with Gasteiger partial charge in [0.1, 0.15) is 0 Å². The zero-order valence-corrected chi connectivity index (χ0v) is 14.7. The van der Waals surface area contributed by atoms with E-state index < -0.39 is 0 Å². The molecule has 1 heterocycles. The van der Waals surface area contributed by atoms with E-state index in [0.717, 1.165) is 13.1 Å². The lowest BCUT2D eigenvalue weighted by Crippen LogP contribution is -2.63. The summed E-state index contributed by atoms with van der Waals surface area (Å²) in [4.78, 5) is 14.7. The Morgan fingerprint density at radius 1 is 1.00 bits per heavy atom. The molecule has 4 nitrogen and oxygen atoms in total. The minimum absolute atomic E-state index is 0.0785. The standard InChI is InChI=1S/C21H23NO3/c1-24-18-9-8-16(10-19(18)25-2)20(23)22-13-21(14-22)11-17(12-21)15-6-4-3-5-7-15/h3-10,17H,11-14H2,1-2H3. The molecule has 2 fully saturated rings. The van der Waals surface area contributed by atoms with Crippen LogP contribution in [0.25, 0.3) is 0 Å². The Bertz CT molecular complexity index is 773. The number of carbonyl (C=O) groups excluding carboxylic acids is 1. The molecule has 1 aliphatic heterocycles. The second-order valence-corrected chi connectivity index (χ2v) is 7.25. The fourth-order valence-electron chi connectivity index (χ4n) is 4.26. The third kappa shape index (κ3) is 2.76. The van der Waals surface area contributed by atoms with Crippen LogP contribution in [-0.2, 0) is 0 Å². The van der Waals surface area contributed by atoms with Crippen molar-refractivity contribution in [3.8, 4) is 11.5 Å². The molecule has 4 heteroatoms. The molecule has 1 amide bonds. The van der Waals surface area contributed by atoms with Crippen molar-refractivity contribution in [3.05, 3.63) is 59.7 Å². The zero-order chi connectivity index (χ0) is 17.4. The lowest BCUT2D eigenvalue weighted by Gasteiger charge is -2.59. The predicted molar refractivity (Wildman–Crippen MR) is 96.3 cm³/mol. The molecule has 0 atom stereocenters. The molecule has 0 bridgehead atoms. The first-order chi connectivity index (χ1) is 12.1. The lowest BCUT2D eigenvalue weighted by molar-refractivity contribution is -0.0554. The molecule has 2 aromatic carbocycles. The van der Waals surface area contributed by atoms with Crippen molar-refractivity contribution in [2.75, 3.05) is 27.3 Å². The van der Waals surface area contributed by atoms with Crippen molar-refractivity contribution in [3.63, 3.8) is 0 Å². The summed E-state index contributed by atoms with van der Waals surface area (Å²) in [6.07, 6.45) is 2.37. The van der Waals surface area contributed by atoms with Crippen molar-refractivity contribution < 1.29 is 14.3 Å². The van der Waals surface area contributed by atoms with E-state index in [4.69, 9.17) is 9.47 Å². The first-order valence-corrected chi connectivity index (χ1v) is 8.70. The van der Waals surface area contributed by atoms with Gasteiger partial charge in [0.25, 0.3) is 5.91 Å². The van der Waals surface area contributed by atoms with Crippen LogP contribution in [0.2, 0.25) is 0 Å². The first kappa shape index (κ1) is 16.0. The largest absolute Gasteiger partial charge is 0.493 e. The Hall–Kier alpha value is -2.49. The average molecular weight is 337 g/mol. The van der Waals surface area contributed by atoms with E-state index in [1.54, 1.807) is 26.4 Å². The summed E-state index contributed by atoms with van der Waals surface area (Å²) in [5, 5.41) is 0. The maximum absolute atomic E-state index is 12.7. The summed E-state index contributed by atoms with van der Waals surface area (Å²) in [6, 6.07) is 16.1. The number of carbonyl (C=O) groups is 1. The van der Waals surface area contributed by atoms with Gasteiger partial charge in [-0.3, -0.25) is 4.79 Å². The molecule has 2 aromatic rings. The van der Waals surface area contributed by atoms with Gasteiger partial charge in [-0.1, -0.05) is 30.3 Å². The number of benzene rings is 2. The zero-order valence-electron chi connectivity index (χ0n) is 14.7. The van der Waals surface area contributed by atoms with Crippen LogP contribution in [0.1, 0.15) is 34.7 Å². The Kier molecular flexibility index (Phi) is 3.91. The molecule has 1 saturated carbocycles. The van der Waals surface area contributed by atoms with E-state index in [-0.39, 0.29) is 5.91 Å². The summed E-state index contributed by atoms with van der Waals surface area (Å²) in [5.41, 5.74) is 2.43. The van der Waals surface area contributed by atoms with Crippen LogP contribution in [0.4, 0.5) is 0 Å². The molecule has 1 aliphatic carbocycles. The molecule has 0 unspecified atom stereocenters. The van der Waals surface area contributed by atoms with Gasteiger partial charge < -0.3 is 14.4 Å². The molecule has 1 saturated heterocycles. The van der Waals surface area contributed by atoms with Gasteiger partial charge in [-0.05, 0) is 42.5 Å². The van der Waals surface area contributed by atoms with Crippen LogP contribution in [-0.4, -0.2) is 38.1 Å². The number of rotatable bonds is 4. The second kappa shape index (κ2) is 6.10. The molecular weight excluding hydrogens is 314 g/mol. The number of likely N-dealkylation sites (tertiary alicyclic amines) is 1. The molecule has 1 spiro atoms. The first-order valence-electron chi connectivity index (χ1n) is 8.70. The van der Waals surface area contributed by atoms with E-state index >= 15 is 0 Å². The monoisotopic (exact) mass is 337 g/mol. The second-order valence-electron chi connectivity index (χ2n) is 7.25. The van der Waals surface area contributed by atoms with E-state index in [1.165, 1.54) is 18.4 Å². The summed E-state index contributed by atoms with van der Waals surface area (Å²) in [6.45, 7) is 1.73. The number of amides is 1. The van der Waals surface area contributed by atoms with E-state index in [1.807, 2.05) is 11.0 Å². The molecule has 0 radical (unpaired) electrons. The van der Waals surface area contributed by atoms with Crippen LogP contribution >= 0.6 is 0 Å². The quantitative estimate of drug-likeness (QED) is 0.853. The van der Waals surface area contributed by atoms with Gasteiger partial charge in [0.2, 0.25) is 0 Å². The van der Waals surface area contributed by atoms with Gasteiger partial charge in [0, 0.05) is 24.1 Å². The smallest absolute Gasteiger partial charge is 0.254 e. The van der Waals surface area contributed by atoms with Crippen molar-refractivity contribution in [1.82, 2.24) is 4.90 Å². The van der Waals surface area contributed by atoms with E-state index in [9.17, 15) is 4.79 Å². The van der Waals surface area contributed by atoms with Crippen molar-refractivity contribution in [1.29, 1.82) is 0 Å². The van der Waals surface area contributed by atoms with Gasteiger partial charge in [-0.25, -0.2) is 0 Å². The van der Waals surface area contributed by atoms with Gasteiger partial charge in [0.05, 0.1) is 14.2 Å². The number of nitrogens with zero attached hydrogens (tertiary/aromatic N) is 1. The molecular formula is C21H23NO3. The van der Waals surface area contributed by atoms with Crippen LogP contribution in [0.3, 0.4) is 0 Å². The third-order valence-electron chi connectivity index (χ3n) is 5.60. The van der Waals surface area contributed by atoms with Gasteiger partial charge in [-0.15, -0.1) is 0 Å². The van der Waals surface area contributed by atoms with Crippen molar-refractivity contribution >= 4 is 5.91 Å². The topological polar surface area (TPSA) is 38.8 Å². The number of methoxy groups -OCH3 is 2. The molecule has 0 aromatic heterocycles. The highest BCUT2D eigenvalue weighted by Gasteiger charge is 2.53. The highest BCUT2D eigenvalue weighted by atomic mass is 16.5. The van der Waals surface area contributed by atoms with Crippen LogP contribution in [0, 0.1) is 5.41 Å². The Morgan fingerprint density at radius 3 is 2.32 bits per heavy atom. The average Bonchev–Trinajstić information content (AvgIpc) is 2.59. The number of ether oxygens (including phenoxy) is 2. The van der Waals surface area contributed by atoms with E-state index in [2.05, 4.69) is 30.3 Å². The van der Waals surface area contributed by atoms with Crippen LogP contribution < -0.4 is 9.47 Å². The van der Waals surface area contributed by atoms with Crippen LogP contribution in [0.15, 0.2) is 48.5 Å². The number of hydrogen-bond donors (Lipinski definition) is 0. The fourth-order valence-corrected chi connectivity index (χ4v) is 4.26. The SMILES string of the molecule is COc1ccc(C(=O)N2CC3(CC(c4ccccc4)C3)C2)cc1OC. The maximum atomic E-state index is 12.7. The third-order valence-corrected chi connectivity index (χ3v) is 5.60. The lowest BCUT2D eigenvalue weighted by atomic mass is 9.56. The maximum Gasteiger partial charge on any atom is 0.254 e. The Balaban J connectivity index is 1.37. The predicted octanol–water partition coefficient (Wildman–Crippen LogP) is 3.72. The van der Waals surface area contributed by atoms with Gasteiger partial charge >= 0.3 is 0 Å². The summed E-state index contributed by atoms with van der Waals surface area (Å²) < 4.78 is 10.5. The van der Waals surface area contributed by atoms with Gasteiger partial charge in [0.15, 0.2) is 11.5 Å². The highest BCUT2D eigenvalue weighted by molar-refractivity contribution is 5.95. The molecule has 0 N–H and O–H groups in total. The number of hydrogen-bond acceptors (Lipinski definition) is 3. The van der Waals surface area contributed by atoms with Gasteiger partial charge in [-0.2, -0.15) is 0 Å². The Labute approximate surface area is 148 Å². The van der Waals surface area contributed by atoms with E-state index in [0.29, 0.717) is 28.4 Å². The minimum Gasteiger partial charge on any atom is -0.493 e. The summed E-state index contributed by atoms with van der Waals surface area (Å²) >= 11 is 0. The molecule has 4 rings (SSSR count).